The van der Waals surface area contributed by atoms with Crippen LogP contribution in [0.15, 0.2) is 12.1 Å². The lowest BCUT2D eigenvalue weighted by molar-refractivity contribution is -0.287. The fourth-order valence-electron chi connectivity index (χ4n) is 4.71. The highest BCUT2D eigenvalue weighted by atomic mass is 35.5. The summed E-state index contributed by atoms with van der Waals surface area (Å²) in [6.07, 6.45) is 3.73. The van der Waals surface area contributed by atoms with E-state index >= 15 is 0 Å². The molecule has 6 nitrogen and oxygen atoms in total. The third-order valence-corrected chi connectivity index (χ3v) is 6.74. The molecular weight excluding hydrogens is 420 g/mol. The molecule has 0 aromatic heterocycles. The molecule has 3 rings (SSSR count). The van der Waals surface area contributed by atoms with E-state index in [-0.39, 0.29) is 37.8 Å². The molecule has 0 unspecified atom stereocenters. The molecule has 1 heterocycles. The molecule has 0 bridgehead atoms. The van der Waals surface area contributed by atoms with Gasteiger partial charge < -0.3 is 19.3 Å². The molecule has 2 aliphatic rings. The van der Waals surface area contributed by atoms with E-state index in [2.05, 4.69) is 0 Å². The highest BCUT2D eigenvalue weighted by Crippen LogP contribution is 2.47. The molecule has 1 aliphatic heterocycles. The zero-order chi connectivity index (χ0) is 22.5. The van der Waals surface area contributed by atoms with Crippen molar-refractivity contribution in [2.24, 2.45) is 5.41 Å². The number of aliphatic hydroxyl groups is 1. The lowest BCUT2D eigenvalue weighted by Gasteiger charge is -2.46. The number of hydrogen-bond donors (Lipinski definition) is 1. The lowest BCUT2D eigenvalue weighted by Crippen LogP contribution is -2.49. The van der Waals surface area contributed by atoms with Crippen LogP contribution in [0, 0.1) is 19.3 Å². The third-order valence-electron chi connectivity index (χ3n) is 6.53. The zero-order valence-corrected chi connectivity index (χ0v) is 19.3. The van der Waals surface area contributed by atoms with Gasteiger partial charge >= 0.3 is 5.97 Å². The van der Waals surface area contributed by atoms with Crippen LogP contribution in [0.4, 0.5) is 0 Å². The highest BCUT2D eigenvalue weighted by Gasteiger charge is 2.50. The molecule has 1 spiro atoms. The van der Waals surface area contributed by atoms with Gasteiger partial charge in [-0.3, -0.25) is 9.59 Å². The summed E-state index contributed by atoms with van der Waals surface area (Å²) in [4.78, 5) is 26.2. The van der Waals surface area contributed by atoms with Gasteiger partial charge in [0.15, 0.2) is 5.79 Å². The van der Waals surface area contributed by atoms with E-state index < -0.39 is 11.2 Å². The van der Waals surface area contributed by atoms with Crippen LogP contribution >= 0.6 is 11.6 Å². The maximum absolute atomic E-state index is 13.1. The Balaban J connectivity index is 1.74. The Bertz CT molecular complexity index is 766. The number of carbonyl (C=O) groups is 2. The molecule has 1 N–H and O–H groups in total. The van der Waals surface area contributed by atoms with Crippen molar-refractivity contribution >= 4 is 23.4 Å². The van der Waals surface area contributed by atoms with Gasteiger partial charge in [0.2, 0.25) is 0 Å². The second-order valence-corrected chi connectivity index (χ2v) is 9.30. The maximum Gasteiger partial charge on any atom is 0.312 e. The molecule has 0 radical (unpaired) electrons. The Kier molecular flexibility index (Phi) is 8.14. The second-order valence-electron chi connectivity index (χ2n) is 8.86. The number of aryl methyl sites for hydroxylation is 2. The van der Waals surface area contributed by atoms with Gasteiger partial charge in [0, 0.05) is 43.7 Å². The van der Waals surface area contributed by atoms with Gasteiger partial charge in [0.25, 0.3) is 0 Å². The average molecular weight is 453 g/mol. The summed E-state index contributed by atoms with van der Waals surface area (Å²) in [5.74, 6) is -0.988. The molecule has 1 aromatic rings. The highest BCUT2D eigenvalue weighted by molar-refractivity contribution is 6.30. The van der Waals surface area contributed by atoms with Crippen LogP contribution in [-0.2, 0) is 30.2 Å². The van der Waals surface area contributed by atoms with Gasteiger partial charge in [0.05, 0.1) is 25.2 Å². The Morgan fingerprint density at radius 2 is 1.71 bits per heavy atom. The SMILES string of the molecule is Cc1cc(Cl)cc(C)c1CC(=O)CC1(C(=O)OCCCO)CCC2(CC1)OCCCO2. The Hall–Kier alpha value is -1.47. The fourth-order valence-corrected chi connectivity index (χ4v) is 5.03. The van der Waals surface area contributed by atoms with Crippen molar-refractivity contribution in [3.63, 3.8) is 0 Å². The summed E-state index contributed by atoms with van der Waals surface area (Å²) in [6, 6.07) is 3.72. The van der Waals surface area contributed by atoms with E-state index in [4.69, 9.17) is 30.9 Å². The molecular formula is C24H33ClO6. The third kappa shape index (κ3) is 5.86. The molecule has 7 heteroatoms. The minimum atomic E-state index is -0.879. The zero-order valence-electron chi connectivity index (χ0n) is 18.5. The largest absolute Gasteiger partial charge is 0.465 e. The second kappa shape index (κ2) is 10.4. The average Bonchev–Trinajstić information content (AvgIpc) is 2.73. The first-order valence-electron chi connectivity index (χ1n) is 11.1. The molecule has 0 atom stereocenters. The van der Waals surface area contributed by atoms with Crippen molar-refractivity contribution in [3.05, 3.63) is 33.8 Å². The quantitative estimate of drug-likeness (QED) is 0.472. The van der Waals surface area contributed by atoms with Crippen molar-refractivity contribution in [2.45, 2.75) is 71.0 Å². The number of aliphatic hydroxyl groups excluding tert-OH is 1. The summed E-state index contributed by atoms with van der Waals surface area (Å²) in [7, 11) is 0. The predicted octanol–water partition coefficient (Wildman–Crippen LogP) is 4.08. The number of ketones is 1. The van der Waals surface area contributed by atoms with E-state index in [1.54, 1.807) is 0 Å². The van der Waals surface area contributed by atoms with Crippen LogP contribution in [0.1, 0.15) is 61.6 Å². The monoisotopic (exact) mass is 452 g/mol. The molecule has 2 fully saturated rings. The minimum absolute atomic E-state index is 0.00839. The van der Waals surface area contributed by atoms with Crippen LogP contribution in [0.25, 0.3) is 0 Å². The predicted molar refractivity (Wildman–Crippen MR) is 117 cm³/mol. The molecule has 1 aliphatic carbocycles. The van der Waals surface area contributed by atoms with Crippen molar-refractivity contribution in [1.82, 2.24) is 0 Å². The Morgan fingerprint density at radius 3 is 2.29 bits per heavy atom. The van der Waals surface area contributed by atoms with Crippen molar-refractivity contribution in [1.29, 1.82) is 0 Å². The maximum atomic E-state index is 13.1. The van der Waals surface area contributed by atoms with Gasteiger partial charge in [-0.1, -0.05) is 11.6 Å². The number of rotatable bonds is 8. The molecule has 172 valence electrons. The Labute approximate surface area is 189 Å². The van der Waals surface area contributed by atoms with Crippen molar-refractivity contribution in [3.8, 4) is 0 Å². The van der Waals surface area contributed by atoms with E-state index in [0.717, 1.165) is 23.1 Å². The first kappa shape index (κ1) is 24.2. The number of hydrogen-bond acceptors (Lipinski definition) is 6. The fraction of sp³-hybridized carbons (Fsp3) is 0.667. The topological polar surface area (TPSA) is 82.1 Å². The molecule has 1 saturated carbocycles. The van der Waals surface area contributed by atoms with Crippen LogP contribution in [0.5, 0.6) is 0 Å². The van der Waals surface area contributed by atoms with E-state index in [0.29, 0.717) is 50.3 Å². The van der Waals surface area contributed by atoms with Gasteiger partial charge in [-0.25, -0.2) is 0 Å². The standard InChI is InChI=1S/C24H33ClO6/c1-17-13-19(25)14-18(2)21(17)15-20(27)16-23(22(28)29-10-3-9-26)5-7-24(8-6-23)30-11-4-12-31-24/h13-14,26H,3-12,15-16H2,1-2H3. The molecule has 31 heavy (non-hydrogen) atoms. The van der Waals surface area contributed by atoms with Crippen molar-refractivity contribution < 1.29 is 28.9 Å². The molecule has 1 aromatic carbocycles. The van der Waals surface area contributed by atoms with Gasteiger partial charge in [-0.2, -0.15) is 0 Å². The van der Waals surface area contributed by atoms with Crippen LogP contribution in [0.3, 0.4) is 0 Å². The van der Waals surface area contributed by atoms with Gasteiger partial charge in [-0.05, 0) is 61.9 Å². The first-order chi connectivity index (χ1) is 14.8. The first-order valence-corrected chi connectivity index (χ1v) is 11.5. The number of Topliss-reactive ketones (excluding diaryl/α,β-unsaturated/α-hetero) is 1. The summed E-state index contributed by atoms with van der Waals surface area (Å²) in [6.45, 7) is 5.31. The van der Waals surface area contributed by atoms with E-state index in [1.165, 1.54) is 0 Å². The minimum Gasteiger partial charge on any atom is -0.465 e. The van der Waals surface area contributed by atoms with E-state index in [1.807, 2.05) is 26.0 Å². The number of benzene rings is 1. The van der Waals surface area contributed by atoms with Gasteiger partial charge in [-0.15, -0.1) is 0 Å². The number of esters is 1. The number of ether oxygens (including phenoxy) is 3. The summed E-state index contributed by atoms with van der Waals surface area (Å²) in [5.41, 5.74) is 2.04. The van der Waals surface area contributed by atoms with Crippen LogP contribution < -0.4 is 0 Å². The summed E-state index contributed by atoms with van der Waals surface area (Å²) < 4.78 is 17.3. The summed E-state index contributed by atoms with van der Waals surface area (Å²) in [5, 5.41) is 9.67. The Morgan fingerprint density at radius 1 is 1.10 bits per heavy atom. The van der Waals surface area contributed by atoms with Gasteiger partial charge in [0.1, 0.15) is 5.78 Å². The normalized spacial score (nSPS) is 19.9. The number of carbonyl (C=O) groups excluding carboxylic acids is 2. The molecule has 1 saturated heterocycles. The van der Waals surface area contributed by atoms with E-state index in [9.17, 15) is 9.59 Å². The van der Waals surface area contributed by atoms with Crippen LogP contribution in [0.2, 0.25) is 5.02 Å². The summed E-state index contributed by atoms with van der Waals surface area (Å²) >= 11 is 6.12. The van der Waals surface area contributed by atoms with Crippen LogP contribution in [-0.4, -0.2) is 49.1 Å². The molecule has 0 amide bonds. The smallest absolute Gasteiger partial charge is 0.312 e. The lowest BCUT2D eigenvalue weighted by atomic mass is 9.68. The van der Waals surface area contributed by atoms with Crippen molar-refractivity contribution in [2.75, 3.05) is 26.4 Å². The number of halogens is 1.